The van der Waals surface area contributed by atoms with Crippen LogP contribution in [0.25, 0.3) is 22.3 Å². The third-order valence-corrected chi connectivity index (χ3v) is 17.8. The van der Waals surface area contributed by atoms with Crippen LogP contribution < -0.4 is 35.8 Å². The van der Waals surface area contributed by atoms with Gasteiger partial charge in [-0.3, -0.25) is 39.0 Å². The Morgan fingerprint density at radius 2 is 1.52 bits per heavy atom. The number of methoxy groups -OCH3 is 1. The van der Waals surface area contributed by atoms with Crippen LogP contribution >= 0.6 is 23.1 Å². The van der Waals surface area contributed by atoms with Gasteiger partial charge in [-0.05, 0) is 102 Å². The van der Waals surface area contributed by atoms with Gasteiger partial charge >= 0.3 is 0 Å². The molecule has 18 nitrogen and oxygen atoms in total. The van der Waals surface area contributed by atoms with Crippen LogP contribution in [0.15, 0.2) is 95.9 Å². The third kappa shape index (κ3) is 10.7. The van der Waals surface area contributed by atoms with E-state index < -0.39 is 42.6 Å². The predicted molar refractivity (Wildman–Crippen MR) is 299 cm³/mol. The average molecular weight is 1130 g/mol. The van der Waals surface area contributed by atoms with Gasteiger partial charge in [0.1, 0.15) is 30.6 Å². The number of carbonyl (C=O) groups excluding carboxylic acids is 4. The van der Waals surface area contributed by atoms with Gasteiger partial charge in [-0.25, -0.2) is 9.37 Å². The van der Waals surface area contributed by atoms with Crippen molar-refractivity contribution in [2.24, 2.45) is 13.0 Å². The molecule has 4 saturated heterocycles. The molecule has 21 heteroatoms. The molecule has 77 heavy (non-hydrogen) atoms. The minimum atomic E-state index is -2.72. The van der Waals surface area contributed by atoms with E-state index in [-0.39, 0.29) is 29.7 Å². The van der Waals surface area contributed by atoms with Gasteiger partial charge < -0.3 is 34.6 Å². The van der Waals surface area contributed by atoms with Crippen LogP contribution in [0, 0.1) is 11.7 Å². The van der Waals surface area contributed by atoms with Gasteiger partial charge in [0.2, 0.25) is 17.8 Å². The lowest BCUT2D eigenvalue weighted by Crippen LogP contribution is -2.54. The normalized spacial score (nSPS) is 19.7. The zero-order chi connectivity index (χ0) is 53.7. The second-order valence-corrected chi connectivity index (χ2v) is 25.1. The fraction of sp³-hybridized carbons (Fsp3) is 0.375. The number of hydrogen-bond donors (Lipinski definition) is 3. The van der Waals surface area contributed by atoms with Gasteiger partial charge in [0.05, 0.1) is 46.0 Å². The minimum absolute atomic E-state index is 0.0160. The van der Waals surface area contributed by atoms with E-state index in [9.17, 15) is 23.7 Å². The van der Waals surface area contributed by atoms with Crippen molar-refractivity contribution in [1.29, 1.82) is 0 Å². The standard InChI is InChI=1S/C56H61BrFN12O6P/c1-65-33-37(29-60-65)39-26-45(62-56-59-30-42(57)52(64-56)61-44-11-10-36(24-50(44)77(3,4)75)35-8-6-5-7-9-35)49(76-2)28-47(39)68-18-15-38(16-19-68)67-22-20-66(21-23-67)31-34-14-17-69(32-34)48-27-41-40(25-43(48)58)54(73)70(55(41)74)46-12-13-51(71)63-53(46)72/h5-11,24-30,33-34,38,46H,12-23,31-32H2,1-4H3,(H,63,71,72)(H2,59,61,62,64). The molecule has 2 atom stereocenters. The highest BCUT2D eigenvalue weighted by molar-refractivity contribution is 9.10. The number of ether oxygens (including phenoxy) is 1. The van der Waals surface area contributed by atoms with Crippen LogP contribution in [-0.2, 0) is 21.2 Å². The Bertz CT molecular complexity index is 3340. The van der Waals surface area contributed by atoms with Crippen molar-refractivity contribution in [1.82, 2.24) is 39.8 Å². The van der Waals surface area contributed by atoms with Crippen LogP contribution in [0.5, 0.6) is 5.75 Å². The summed E-state index contributed by atoms with van der Waals surface area (Å²) in [5, 5.41) is 14.3. The van der Waals surface area contributed by atoms with Crippen LogP contribution in [-0.4, -0.2) is 150 Å². The van der Waals surface area contributed by atoms with Gasteiger partial charge in [0.15, 0.2) is 0 Å². The molecule has 400 valence electrons. The summed E-state index contributed by atoms with van der Waals surface area (Å²) in [4.78, 5) is 70.9. The lowest BCUT2D eigenvalue weighted by Gasteiger charge is -2.44. The molecule has 0 bridgehead atoms. The SMILES string of the molecule is COc1cc(N2CCC(N3CCN(CC4CCN(c5cc6c(cc5F)C(=O)N(C5CCC(=O)NC5=O)C6=O)C4)CC3)CC2)c(-c2cnn(C)c2)cc1Nc1ncc(Br)c(Nc2ccc(-c3ccccc3)cc2P(C)(C)=O)n1. The summed E-state index contributed by atoms with van der Waals surface area (Å²) < 4.78 is 37.9. The average Bonchev–Trinajstić information content (AvgIpc) is 4.20. The summed E-state index contributed by atoms with van der Waals surface area (Å²) in [6.45, 7) is 11.2. The molecule has 0 aliphatic carbocycles. The molecule has 11 rings (SSSR count). The van der Waals surface area contributed by atoms with E-state index in [0.29, 0.717) is 58.4 Å². The minimum Gasteiger partial charge on any atom is -0.494 e. The Morgan fingerprint density at radius 1 is 0.779 bits per heavy atom. The lowest BCUT2D eigenvalue weighted by atomic mass is 9.98. The molecule has 0 radical (unpaired) electrons. The zero-order valence-corrected chi connectivity index (χ0v) is 45.9. The molecule has 3 N–H and O–H groups in total. The molecule has 0 spiro atoms. The predicted octanol–water partition coefficient (Wildman–Crippen LogP) is 7.70. The largest absolute Gasteiger partial charge is 0.494 e. The number of imide groups is 2. The van der Waals surface area contributed by atoms with Gasteiger partial charge in [0, 0.05) is 119 Å². The second kappa shape index (κ2) is 21.4. The second-order valence-electron chi connectivity index (χ2n) is 21.0. The number of halogens is 2. The summed E-state index contributed by atoms with van der Waals surface area (Å²) in [6, 6.07) is 22.1. The van der Waals surface area contributed by atoms with E-state index in [4.69, 9.17) is 9.72 Å². The number of piperazine rings is 1. The van der Waals surface area contributed by atoms with Crippen molar-refractivity contribution in [3.8, 4) is 28.0 Å². The van der Waals surface area contributed by atoms with Gasteiger partial charge in [-0.15, -0.1) is 0 Å². The first-order valence-corrected chi connectivity index (χ1v) is 29.5. The topological polar surface area (TPSA) is 190 Å². The molecule has 0 saturated carbocycles. The fourth-order valence-corrected chi connectivity index (χ4v) is 13.1. The highest BCUT2D eigenvalue weighted by Gasteiger charge is 2.46. The molecule has 5 aliphatic heterocycles. The number of aromatic nitrogens is 4. The number of rotatable bonds is 14. The Labute approximate surface area is 454 Å². The number of aryl methyl sites for hydroxylation is 1. The molecule has 4 aromatic carbocycles. The summed E-state index contributed by atoms with van der Waals surface area (Å²) in [5.41, 5.74) is 6.74. The van der Waals surface area contributed by atoms with E-state index in [2.05, 4.69) is 68.8 Å². The number of benzene rings is 4. The van der Waals surface area contributed by atoms with E-state index in [1.54, 1.807) is 31.3 Å². The van der Waals surface area contributed by atoms with E-state index >= 15 is 4.39 Å². The first-order chi connectivity index (χ1) is 37.1. The molecular formula is C56H61BrFN12O6P. The first kappa shape index (κ1) is 52.1. The fourth-order valence-electron chi connectivity index (χ4n) is 11.6. The van der Waals surface area contributed by atoms with Crippen molar-refractivity contribution >= 4 is 86.5 Å². The maximum Gasteiger partial charge on any atom is 0.262 e. The molecule has 6 aromatic rings. The molecule has 4 fully saturated rings. The smallest absolute Gasteiger partial charge is 0.262 e. The highest BCUT2D eigenvalue weighted by Crippen LogP contribution is 2.44. The van der Waals surface area contributed by atoms with Crippen LogP contribution in [0.4, 0.5) is 38.9 Å². The van der Waals surface area contributed by atoms with Crippen LogP contribution in [0.1, 0.15) is 52.8 Å². The monoisotopic (exact) mass is 1130 g/mol. The number of nitrogens with zero attached hydrogens (tertiary/aromatic N) is 9. The van der Waals surface area contributed by atoms with Crippen molar-refractivity contribution in [3.63, 3.8) is 0 Å². The van der Waals surface area contributed by atoms with Gasteiger partial charge in [0.25, 0.3) is 11.8 Å². The maximum absolute atomic E-state index is 15.7. The van der Waals surface area contributed by atoms with Gasteiger partial charge in [-0.2, -0.15) is 10.1 Å². The summed E-state index contributed by atoms with van der Waals surface area (Å²) in [7, 11) is 0.850. The molecular weight excluding hydrogens is 1070 g/mol. The molecule has 5 aliphatic rings. The van der Waals surface area contributed by atoms with Crippen LogP contribution in [0.3, 0.4) is 0 Å². The maximum atomic E-state index is 15.7. The van der Waals surface area contributed by atoms with Crippen molar-refractivity contribution < 1.29 is 32.9 Å². The third-order valence-electron chi connectivity index (χ3n) is 15.6. The van der Waals surface area contributed by atoms with E-state index in [1.807, 2.05) is 72.9 Å². The number of carbonyl (C=O) groups is 4. The van der Waals surface area contributed by atoms with Gasteiger partial charge in [-0.1, -0.05) is 36.4 Å². The Hall–Kier alpha value is -6.99. The summed E-state index contributed by atoms with van der Waals surface area (Å²) in [6.07, 6.45) is 8.51. The van der Waals surface area contributed by atoms with Crippen molar-refractivity contribution in [2.45, 2.75) is 44.2 Å². The number of piperidine rings is 2. The number of anilines is 6. The quantitative estimate of drug-likeness (QED) is 0.0710. The Balaban J connectivity index is 0.717. The molecule has 7 heterocycles. The highest BCUT2D eigenvalue weighted by atomic mass is 79.9. The number of amides is 4. The molecule has 2 aromatic heterocycles. The lowest BCUT2D eigenvalue weighted by molar-refractivity contribution is -0.136. The summed E-state index contributed by atoms with van der Waals surface area (Å²) >= 11 is 3.64. The Morgan fingerprint density at radius 3 is 2.22 bits per heavy atom. The Kier molecular flexibility index (Phi) is 14.5. The van der Waals surface area contributed by atoms with Crippen LogP contribution in [0.2, 0.25) is 0 Å². The summed E-state index contributed by atoms with van der Waals surface area (Å²) in [5.74, 6) is -1.28. The number of hydrogen-bond acceptors (Lipinski definition) is 15. The van der Waals surface area contributed by atoms with E-state index in [1.165, 1.54) is 6.07 Å². The van der Waals surface area contributed by atoms with Crippen molar-refractivity contribution in [3.05, 3.63) is 113 Å². The van der Waals surface area contributed by atoms with E-state index in [0.717, 1.165) is 109 Å². The number of nitrogens with one attached hydrogen (secondary N) is 3. The molecule has 4 amide bonds. The number of fused-ring (bicyclic) bond motifs is 1. The zero-order valence-electron chi connectivity index (χ0n) is 43.5. The van der Waals surface area contributed by atoms with Crippen molar-refractivity contribution in [2.75, 3.05) is 99.8 Å². The molecule has 2 unspecified atom stereocenters. The first-order valence-electron chi connectivity index (χ1n) is 26.1.